The van der Waals surface area contributed by atoms with E-state index in [2.05, 4.69) is 20.9 Å². The molecule has 0 unspecified atom stereocenters. The number of carboxylic acids is 1. The summed E-state index contributed by atoms with van der Waals surface area (Å²) in [5.41, 5.74) is 0.697. The number of carbonyl (C=O) groups is 1. The van der Waals surface area contributed by atoms with Gasteiger partial charge in [-0.25, -0.2) is 9.78 Å². The van der Waals surface area contributed by atoms with Gasteiger partial charge in [0, 0.05) is 17.7 Å². The molecule has 0 bridgehead atoms. The maximum Gasteiger partial charge on any atom is 0.328 e. The zero-order chi connectivity index (χ0) is 15.2. The van der Waals surface area contributed by atoms with E-state index in [1.54, 1.807) is 18.3 Å². The molecule has 0 radical (unpaired) electrons. The third-order valence-corrected chi connectivity index (χ3v) is 3.84. The van der Waals surface area contributed by atoms with Crippen LogP contribution in [0.15, 0.2) is 34.3 Å². The van der Waals surface area contributed by atoms with Crippen LogP contribution in [-0.4, -0.2) is 23.2 Å². The fraction of sp³-hybridized carbons (Fsp3) is 0.143. The highest BCUT2D eigenvalue weighted by molar-refractivity contribution is 9.10. The number of ether oxygens (including phenoxy) is 2. The minimum Gasteiger partial charge on any atom is -0.493 e. The van der Waals surface area contributed by atoms with E-state index in [4.69, 9.17) is 14.6 Å². The van der Waals surface area contributed by atoms with E-state index in [0.29, 0.717) is 28.1 Å². The van der Waals surface area contributed by atoms with Crippen LogP contribution in [0, 0.1) is 0 Å². The van der Waals surface area contributed by atoms with Gasteiger partial charge in [-0.3, -0.25) is 0 Å². The number of rotatable bonds is 6. The van der Waals surface area contributed by atoms with Crippen LogP contribution in [0.3, 0.4) is 0 Å². The molecule has 0 saturated heterocycles. The molecule has 2 aromatic rings. The Morgan fingerprint density at radius 1 is 1.52 bits per heavy atom. The number of carboxylic acid groups (broad SMARTS) is 1. The van der Waals surface area contributed by atoms with Crippen LogP contribution in [0.5, 0.6) is 11.5 Å². The molecule has 0 aliphatic carbocycles. The van der Waals surface area contributed by atoms with Crippen molar-refractivity contribution in [2.45, 2.75) is 6.61 Å². The summed E-state index contributed by atoms with van der Waals surface area (Å²) in [6.07, 6.45) is 4.27. The van der Waals surface area contributed by atoms with Gasteiger partial charge in [0.05, 0.1) is 11.6 Å². The molecule has 2 rings (SSSR count). The molecule has 0 aliphatic heterocycles. The van der Waals surface area contributed by atoms with Gasteiger partial charge in [0.15, 0.2) is 11.5 Å². The lowest BCUT2D eigenvalue weighted by molar-refractivity contribution is -0.131. The first-order valence-corrected chi connectivity index (χ1v) is 7.57. The SMILES string of the molecule is COc1cc(/C=C/C(=O)O)cc(Br)c1OCc1nccs1. The molecule has 21 heavy (non-hydrogen) atoms. The van der Waals surface area contributed by atoms with Crippen LogP contribution < -0.4 is 9.47 Å². The number of aliphatic carboxylic acids is 1. The molecular formula is C14H12BrNO4S. The topological polar surface area (TPSA) is 68.7 Å². The number of hydrogen-bond acceptors (Lipinski definition) is 5. The first-order valence-electron chi connectivity index (χ1n) is 5.90. The van der Waals surface area contributed by atoms with Gasteiger partial charge in [-0.15, -0.1) is 11.3 Å². The molecule has 7 heteroatoms. The third kappa shape index (κ3) is 4.30. The highest BCUT2D eigenvalue weighted by Gasteiger charge is 2.12. The van der Waals surface area contributed by atoms with Crippen molar-refractivity contribution in [1.29, 1.82) is 0 Å². The summed E-state index contributed by atoms with van der Waals surface area (Å²) in [5.74, 6) is 0.0698. The van der Waals surface area contributed by atoms with E-state index in [-0.39, 0.29) is 0 Å². The zero-order valence-electron chi connectivity index (χ0n) is 11.1. The predicted octanol–water partition coefficient (Wildman–Crippen LogP) is 3.59. The van der Waals surface area contributed by atoms with Gasteiger partial charge in [0.2, 0.25) is 0 Å². The lowest BCUT2D eigenvalue weighted by atomic mass is 10.2. The zero-order valence-corrected chi connectivity index (χ0v) is 13.5. The molecule has 0 aliphatic rings. The molecule has 1 aromatic carbocycles. The van der Waals surface area contributed by atoms with Crippen LogP contribution in [-0.2, 0) is 11.4 Å². The van der Waals surface area contributed by atoms with Crippen LogP contribution in [0.25, 0.3) is 6.08 Å². The molecule has 5 nitrogen and oxygen atoms in total. The summed E-state index contributed by atoms with van der Waals surface area (Å²) in [6.45, 7) is 0.344. The number of benzene rings is 1. The van der Waals surface area contributed by atoms with E-state index >= 15 is 0 Å². The second kappa shape index (κ2) is 7.24. The Labute approximate surface area is 134 Å². The maximum atomic E-state index is 10.6. The quantitative estimate of drug-likeness (QED) is 0.787. The average Bonchev–Trinajstić information content (AvgIpc) is 2.96. The van der Waals surface area contributed by atoms with Crippen molar-refractivity contribution < 1.29 is 19.4 Å². The summed E-state index contributed by atoms with van der Waals surface area (Å²) in [5, 5.41) is 11.4. The fourth-order valence-electron chi connectivity index (χ4n) is 1.60. The lowest BCUT2D eigenvalue weighted by Gasteiger charge is -2.12. The Morgan fingerprint density at radius 2 is 2.33 bits per heavy atom. The van der Waals surface area contributed by atoms with Crippen LogP contribution in [0.4, 0.5) is 0 Å². The van der Waals surface area contributed by atoms with Gasteiger partial charge >= 0.3 is 5.97 Å². The van der Waals surface area contributed by atoms with E-state index in [1.807, 2.05) is 5.38 Å². The molecule has 1 N–H and O–H groups in total. The summed E-state index contributed by atoms with van der Waals surface area (Å²) >= 11 is 4.91. The van der Waals surface area contributed by atoms with Crippen molar-refractivity contribution in [3.63, 3.8) is 0 Å². The van der Waals surface area contributed by atoms with Crippen LogP contribution in [0.2, 0.25) is 0 Å². The van der Waals surface area contributed by atoms with E-state index < -0.39 is 5.97 Å². The molecule has 0 amide bonds. The minimum absolute atomic E-state index is 0.344. The Kier molecular flexibility index (Phi) is 5.35. The predicted molar refractivity (Wildman–Crippen MR) is 83.8 cm³/mol. The molecule has 0 saturated carbocycles. The van der Waals surface area contributed by atoms with E-state index in [1.165, 1.54) is 24.5 Å². The van der Waals surface area contributed by atoms with Crippen LogP contribution >= 0.6 is 27.3 Å². The number of methoxy groups -OCH3 is 1. The first kappa shape index (κ1) is 15.5. The maximum absolute atomic E-state index is 10.6. The number of halogens is 1. The van der Waals surface area contributed by atoms with Gasteiger partial charge in [-0.1, -0.05) is 0 Å². The molecule has 1 heterocycles. The second-order valence-electron chi connectivity index (χ2n) is 3.92. The smallest absolute Gasteiger partial charge is 0.328 e. The molecule has 0 spiro atoms. The summed E-state index contributed by atoms with van der Waals surface area (Å²) < 4.78 is 11.7. The molecule has 1 aromatic heterocycles. The van der Waals surface area contributed by atoms with Gasteiger partial charge < -0.3 is 14.6 Å². The van der Waals surface area contributed by atoms with Gasteiger partial charge in [0.1, 0.15) is 11.6 Å². The first-order chi connectivity index (χ1) is 10.1. The lowest BCUT2D eigenvalue weighted by Crippen LogP contribution is -1.98. The Balaban J connectivity index is 2.22. The van der Waals surface area contributed by atoms with E-state index in [0.717, 1.165) is 11.1 Å². The Bertz CT molecular complexity index is 655. The third-order valence-electron chi connectivity index (χ3n) is 2.49. The number of aromatic nitrogens is 1. The second-order valence-corrected chi connectivity index (χ2v) is 5.75. The molecule has 110 valence electrons. The van der Waals surface area contributed by atoms with Crippen molar-refractivity contribution >= 4 is 39.3 Å². The standard InChI is InChI=1S/C14H12BrNO4S/c1-19-11-7-9(2-3-13(17)18)6-10(15)14(11)20-8-12-16-4-5-21-12/h2-7H,8H2,1H3,(H,17,18)/b3-2+. The minimum atomic E-state index is -1.01. The van der Waals surface area contributed by atoms with Gasteiger partial charge in [-0.05, 0) is 39.7 Å². The monoisotopic (exact) mass is 369 g/mol. The van der Waals surface area contributed by atoms with Gasteiger partial charge in [-0.2, -0.15) is 0 Å². The summed E-state index contributed by atoms with van der Waals surface area (Å²) in [7, 11) is 1.53. The van der Waals surface area contributed by atoms with Crippen molar-refractivity contribution in [3.8, 4) is 11.5 Å². The molecular weight excluding hydrogens is 358 g/mol. The number of thiazole rings is 1. The largest absolute Gasteiger partial charge is 0.493 e. The normalized spacial score (nSPS) is 10.8. The Morgan fingerprint density at radius 3 is 2.95 bits per heavy atom. The number of nitrogens with zero attached hydrogens (tertiary/aromatic N) is 1. The van der Waals surface area contributed by atoms with Crippen molar-refractivity contribution in [3.05, 3.63) is 44.8 Å². The van der Waals surface area contributed by atoms with Crippen molar-refractivity contribution in [1.82, 2.24) is 4.98 Å². The Hall–Kier alpha value is -1.86. The van der Waals surface area contributed by atoms with Gasteiger partial charge in [0.25, 0.3) is 0 Å². The highest BCUT2D eigenvalue weighted by Crippen LogP contribution is 2.37. The fourth-order valence-corrected chi connectivity index (χ4v) is 2.70. The number of hydrogen-bond donors (Lipinski definition) is 1. The summed E-state index contributed by atoms with van der Waals surface area (Å²) in [6, 6.07) is 3.47. The molecule has 0 fully saturated rings. The average molecular weight is 370 g/mol. The van der Waals surface area contributed by atoms with E-state index in [9.17, 15) is 4.79 Å². The molecule has 0 atom stereocenters. The highest BCUT2D eigenvalue weighted by atomic mass is 79.9. The summed E-state index contributed by atoms with van der Waals surface area (Å²) in [4.78, 5) is 14.7. The van der Waals surface area contributed by atoms with Crippen molar-refractivity contribution in [2.24, 2.45) is 0 Å². The van der Waals surface area contributed by atoms with Crippen molar-refractivity contribution in [2.75, 3.05) is 7.11 Å². The van der Waals surface area contributed by atoms with Crippen LogP contribution in [0.1, 0.15) is 10.6 Å².